The molecule has 0 heterocycles. The minimum Gasteiger partial charge on any atom is -0.463 e. The van der Waals surface area contributed by atoms with Gasteiger partial charge in [0.1, 0.15) is 12.2 Å². The summed E-state index contributed by atoms with van der Waals surface area (Å²) in [6.07, 6.45) is 5.71. The number of likely N-dealkylation sites (N-methyl/N-ethyl adjacent to an activating group) is 1. The van der Waals surface area contributed by atoms with E-state index in [9.17, 15) is 9.59 Å². The lowest BCUT2D eigenvalue weighted by molar-refractivity contribution is -0.145. The van der Waals surface area contributed by atoms with Crippen molar-refractivity contribution in [3.8, 4) is 0 Å². The molecule has 10 heteroatoms. The van der Waals surface area contributed by atoms with Gasteiger partial charge in [-0.1, -0.05) is 32.6 Å². The first-order valence-electron chi connectivity index (χ1n) is 13.2. The zero-order chi connectivity index (χ0) is 26.9. The SMILES string of the molecule is CCCCCCCC(=O)OCCOCCOCCOCCOCCOCCN(C)C(=O)OC(C)(C)C. The Morgan fingerprint density at radius 3 is 1.56 bits per heavy atom. The van der Waals surface area contributed by atoms with Gasteiger partial charge in [-0.2, -0.15) is 0 Å². The molecule has 0 aromatic rings. The molecule has 0 aromatic heterocycles. The second-order valence-electron chi connectivity index (χ2n) is 9.35. The second-order valence-corrected chi connectivity index (χ2v) is 9.35. The van der Waals surface area contributed by atoms with Crippen molar-refractivity contribution in [2.24, 2.45) is 0 Å². The van der Waals surface area contributed by atoms with E-state index in [2.05, 4.69) is 6.92 Å². The minimum atomic E-state index is -0.506. The van der Waals surface area contributed by atoms with Crippen LogP contribution in [0.3, 0.4) is 0 Å². The van der Waals surface area contributed by atoms with Gasteiger partial charge >= 0.3 is 12.1 Å². The molecule has 0 aromatic carbocycles. The molecule has 0 saturated carbocycles. The van der Waals surface area contributed by atoms with E-state index in [1.54, 1.807) is 7.05 Å². The number of carbonyl (C=O) groups excluding carboxylic acids is 2. The largest absolute Gasteiger partial charge is 0.463 e. The van der Waals surface area contributed by atoms with E-state index in [-0.39, 0.29) is 18.7 Å². The van der Waals surface area contributed by atoms with Gasteiger partial charge in [0, 0.05) is 20.0 Å². The van der Waals surface area contributed by atoms with Crippen LogP contribution in [0.2, 0.25) is 0 Å². The predicted molar refractivity (Wildman–Crippen MR) is 137 cm³/mol. The highest BCUT2D eigenvalue weighted by molar-refractivity contribution is 5.69. The van der Waals surface area contributed by atoms with E-state index in [0.29, 0.717) is 79.0 Å². The van der Waals surface area contributed by atoms with Crippen molar-refractivity contribution in [2.45, 2.75) is 71.8 Å². The van der Waals surface area contributed by atoms with Crippen LogP contribution in [0.15, 0.2) is 0 Å². The average molecular weight is 522 g/mol. The minimum absolute atomic E-state index is 0.150. The predicted octanol–water partition coefficient (Wildman–Crippen LogP) is 3.84. The van der Waals surface area contributed by atoms with Crippen molar-refractivity contribution in [2.75, 3.05) is 86.3 Å². The molecule has 0 saturated heterocycles. The molecular formula is C26H51NO9. The van der Waals surface area contributed by atoms with Crippen LogP contribution >= 0.6 is 0 Å². The van der Waals surface area contributed by atoms with Crippen molar-refractivity contribution in [1.82, 2.24) is 4.90 Å². The molecule has 0 spiro atoms. The average Bonchev–Trinajstić information content (AvgIpc) is 2.81. The number of amides is 1. The van der Waals surface area contributed by atoms with Crippen LogP contribution in [0.5, 0.6) is 0 Å². The summed E-state index contributed by atoms with van der Waals surface area (Å²) in [6.45, 7) is 12.9. The van der Waals surface area contributed by atoms with Crippen LogP contribution in [0.25, 0.3) is 0 Å². The molecule has 0 atom stereocenters. The molecule has 0 bridgehead atoms. The van der Waals surface area contributed by atoms with Crippen molar-refractivity contribution in [3.63, 3.8) is 0 Å². The first-order chi connectivity index (χ1) is 17.3. The first-order valence-corrected chi connectivity index (χ1v) is 13.2. The summed E-state index contributed by atoms with van der Waals surface area (Å²) in [5, 5.41) is 0. The molecule has 214 valence electrons. The summed E-state index contributed by atoms with van der Waals surface area (Å²) in [5.41, 5.74) is -0.506. The van der Waals surface area contributed by atoms with Crippen LogP contribution in [-0.2, 0) is 38.0 Å². The Morgan fingerprint density at radius 1 is 0.639 bits per heavy atom. The Hall–Kier alpha value is -1.46. The van der Waals surface area contributed by atoms with Gasteiger partial charge in [-0.05, 0) is 27.2 Å². The van der Waals surface area contributed by atoms with Gasteiger partial charge in [0.05, 0.1) is 66.1 Å². The Morgan fingerprint density at radius 2 is 1.08 bits per heavy atom. The van der Waals surface area contributed by atoms with E-state index < -0.39 is 5.60 Å². The summed E-state index contributed by atoms with van der Waals surface area (Å²) in [4.78, 5) is 24.9. The van der Waals surface area contributed by atoms with Gasteiger partial charge in [0.25, 0.3) is 0 Å². The molecule has 36 heavy (non-hydrogen) atoms. The van der Waals surface area contributed by atoms with Gasteiger partial charge in [-0.3, -0.25) is 4.79 Å². The number of hydrogen-bond acceptors (Lipinski definition) is 9. The molecule has 10 nitrogen and oxygen atoms in total. The lowest BCUT2D eigenvalue weighted by atomic mass is 10.1. The van der Waals surface area contributed by atoms with Gasteiger partial charge in [-0.25, -0.2) is 4.79 Å². The van der Waals surface area contributed by atoms with E-state index in [0.717, 1.165) is 12.8 Å². The van der Waals surface area contributed by atoms with Gasteiger partial charge in [-0.15, -0.1) is 0 Å². The number of ether oxygens (including phenoxy) is 7. The lowest BCUT2D eigenvalue weighted by Crippen LogP contribution is -2.36. The van der Waals surface area contributed by atoms with Crippen molar-refractivity contribution >= 4 is 12.1 Å². The molecule has 0 aliphatic heterocycles. The highest BCUT2D eigenvalue weighted by Gasteiger charge is 2.19. The van der Waals surface area contributed by atoms with Crippen molar-refractivity contribution < 1.29 is 42.7 Å². The standard InChI is InChI=1S/C26H51NO9/c1-6-7-8-9-10-11-24(28)35-23-22-34-21-20-33-19-18-32-17-16-31-15-14-30-13-12-27(5)25(29)36-26(2,3)4/h6-23H2,1-5H3. The van der Waals surface area contributed by atoms with Crippen LogP contribution in [0.4, 0.5) is 4.79 Å². The fraction of sp³-hybridized carbons (Fsp3) is 0.923. The van der Waals surface area contributed by atoms with Gasteiger partial charge < -0.3 is 38.1 Å². The third kappa shape index (κ3) is 25.6. The van der Waals surface area contributed by atoms with Gasteiger partial charge in [0.15, 0.2) is 0 Å². The quantitative estimate of drug-likeness (QED) is 0.138. The fourth-order valence-corrected chi connectivity index (χ4v) is 2.77. The topological polar surface area (TPSA) is 102 Å². The van der Waals surface area contributed by atoms with E-state index in [1.807, 2.05) is 20.8 Å². The molecule has 0 unspecified atom stereocenters. The first kappa shape index (κ1) is 34.5. The lowest BCUT2D eigenvalue weighted by Gasteiger charge is -2.24. The molecule has 0 N–H and O–H groups in total. The number of esters is 1. The molecule has 0 aliphatic rings. The molecular weight excluding hydrogens is 470 g/mol. The zero-order valence-electron chi connectivity index (χ0n) is 23.3. The Kier molecular flexibility index (Phi) is 22.9. The fourth-order valence-electron chi connectivity index (χ4n) is 2.77. The number of hydrogen-bond donors (Lipinski definition) is 0. The van der Waals surface area contributed by atoms with E-state index >= 15 is 0 Å². The number of unbranched alkanes of at least 4 members (excludes halogenated alkanes) is 4. The number of nitrogens with zero attached hydrogens (tertiary/aromatic N) is 1. The smallest absolute Gasteiger partial charge is 0.410 e. The maximum absolute atomic E-state index is 11.8. The van der Waals surface area contributed by atoms with Crippen LogP contribution in [-0.4, -0.2) is 109 Å². The molecule has 0 rings (SSSR count). The molecule has 0 aliphatic carbocycles. The van der Waals surface area contributed by atoms with Gasteiger partial charge in [0.2, 0.25) is 0 Å². The molecule has 0 fully saturated rings. The maximum Gasteiger partial charge on any atom is 0.410 e. The molecule has 0 radical (unpaired) electrons. The molecule has 1 amide bonds. The van der Waals surface area contributed by atoms with Crippen LogP contribution in [0, 0.1) is 0 Å². The van der Waals surface area contributed by atoms with Crippen LogP contribution < -0.4 is 0 Å². The highest BCUT2D eigenvalue weighted by atomic mass is 16.6. The summed E-state index contributed by atoms with van der Waals surface area (Å²) < 4.78 is 37.6. The highest BCUT2D eigenvalue weighted by Crippen LogP contribution is 2.09. The summed E-state index contributed by atoms with van der Waals surface area (Å²) in [5.74, 6) is -0.150. The van der Waals surface area contributed by atoms with Crippen LogP contribution in [0.1, 0.15) is 66.2 Å². The second kappa shape index (κ2) is 23.9. The Bertz CT molecular complexity index is 526. The summed E-state index contributed by atoms with van der Waals surface area (Å²) in [6, 6.07) is 0. The van der Waals surface area contributed by atoms with E-state index in [4.69, 9.17) is 33.2 Å². The van der Waals surface area contributed by atoms with Crippen molar-refractivity contribution in [3.05, 3.63) is 0 Å². The number of rotatable bonds is 24. The van der Waals surface area contributed by atoms with Crippen molar-refractivity contribution in [1.29, 1.82) is 0 Å². The monoisotopic (exact) mass is 521 g/mol. The normalized spacial score (nSPS) is 11.5. The zero-order valence-corrected chi connectivity index (χ0v) is 23.3. The third-order valence-electron chi connectivity index (χ3n) is 4.74. The number of carbonyl (C=O) groups is 2. The maximum atomic E-state index is 11.8. The third-order valence-corrected chi connectivity index (χ3v) is 4.74. The van der Waals surface area contributed by atoms with E-state index in [1.165, 1.54) is 24.2 Å². The Labute approximate surface area is 218 Å². The summed E-state index contributed by atoms with van der Waals surface area (Å²) >= 11 is 0. The summed E-state index contributed by atoms with van der Waals surface area (Å²) in [7, 11) is 1.68. The Balaban J connectivity index is 3.26.